The molecule has 4 rings (SSSR count). The van der Waals surface area contributed by atoms with E-state index in [4.69, 9.17) is 4.74 Å². The first-order valence-corrected chi connectivity index (χ1v) is 9.67. The number of amides is 1. The lowest BCUT2D eigenvalue weighted by Crippen LogP contribution is -2.50. The van der Waals surface area contributed by atoms with Gasteiger partial charge in [-0.05, 0) is 24.3 Å². The van der Waals surface area contributed by atoms with Crippen molar-refractivity contribution in [2.24, 2.45) is 0 Å². The number of piperazine rings is 1. The molecule has 3 heterocycles. The number of carbonyl (C=O) groups excluding carboxylic acids is 1. The molecule has 0 saturated carbocycles. The molecule has 30 heavy (non-hydrogen) atoms. The Balaban J connectivity index is 1.45. The molecule has 3 aromatic rings. The largest absolute Gasteiger partial charge is 0.496 e. The van der Waals surface area contributed by atoms with Gasteiger partial charge in [-0.25, -0.2) is 14.6 Å². The van der Waals surface area contributed by atoms with Crippen LogP contribution in [-0.4, -0.2) is 63.8 Å². The number of methoxy groups -OCH3 is 1. The zero-order valence-electron chi connectivity index (χ0n) is 16.6. The molecule has 9 heteroatoms. The van der Waals surface area contributed by atoms with Gasteiger partial charge in [0.15, 0.2) is 0 Å². The predicted molar refractivity (Wildman–Crippen MR) is 111 cm³/mol. The van der Waals surface area contributed by atoms with Crippen LogP contribution in [0, 0.1) is 0 Å². The number of ether oxygens (including phenoxy) is 1. The molecule has 2 aromatic heterocycles. The fraction of sp³-hybridized carbons (Fsp3) is 0.286. The van der Waals surface area contributed by atoms with Crippen LogP contribution in [0.4, 0.5) is 5.95 Å². The average molecular weight is 406 g/mol. The number of para-hydroxylation sites is 1. The lowest BCUT2D eigenvalue weighted by molar-refractivity contribution is -0.132. The SMILES string of the molecule is COc1ccccc1-c1ccc(=O)n(CC(=O)N2CCN(c3ncccn3)CC2)n1. The molecule has 1 fully saturated rings. The van der Waals surface area contributed by atoms with Crippen molar-refractivity contribution in [3.8, 4) is 17.0 Å². The summed E-state index contributed by atoms with van der Waals surface area (Å²) in [5.74, 6) is 1.17. The normalized spacial score (nSPS) is 13.9. The standard InChI is InChI=1S/C21H22N6O3/c1-30-18-6-3-2-5-16(18)17-7-8-19(28)27(24-17)15-20(29)25-11-13-26(14-12-25)21-22-9-4-10-23-21/h2-10H,11-15H2,1H3. The Labute approximate surface area is 173 Å². The van der Waals surface area contributed by atoms with Gasteiger partial charge in [-0.3, -0.25) is 9.59 Å². The Morgan fingerprint density at radius 2 is 1.73 bits per heavy atom. The van der Waals surface area contributed by atoms with Crippen molar-refractivity contribution in [1.29, 1.82) is 0 Å². The molecule has 1 saturated heterocycles. The van der Waals surface area contributed by atoms with Crippen molar-refractivity contribution in [3.05, 3.63) is 65.2 Å². The molecule has 154 valence electrons. The minimum Gasteiger partial charge on any atom is -0.496 e. The van der Waals surface area contributed by atoms with Crippen molar-refractivity contribution in [1.82, 2.24) is 24.6 Å². The Hall–Kier alpha value is -3.75. The smallest absolute Gasteiger partial charge is 0.267 e. The van der Waals surface area contributed by atoms with E-state index in [1.807, 2.05) is 29.2 Å². The van der Waals surface area contributed by atoms with Crippen molar-refractivity contribution in [2.45, 2.75) is 6.54 Å². The van der Waals surface area contributed by atoms with E-state index in [1.165, 1.54) is 10.7 Å². The van der Waals surface area contributed by atoms with Gasteiger partial charge in [-0.2, -0.15) is 5.10 Å². The summed E-state index contributed by atoms with van der Waals surface area (Å²) in [5.41, 5.74) is 1.02. The van der Waals surface area contributed by atoms with E-state index in [-0.39, 0.29) is 18.0 Å². The quantitative estimate of drug-likeness (QED) is 0.625. The Morgan fingerprint density at radius 1 is 1.00 bits per heavy atom. The first-order chi connectivity index (χ1) is 14.7. The molecule has 0 atom stereocenters. The third kappa shape index (κ3) is 4.14. The average Bonchev–Trinajstić information content (AvgIpc) is 2.81. The number of anilines is 1. The highest BCUT2D eigenvalue weighted by atomic mass is 16.5. The first-order valence-electron chi connectivity index (χ1n) is 9.67. The van der Waals surface area contributed by atoms with E-state index in [9.17, 15) is 9.59 Å². The van der Waals surface area contributed by atoms with Crippen molar-refractivity contribution < 1.29 is 9.53 Å². The van der Waals surface area contributed by atoms with Crippen LogP contribution in [0.15, 0.2) is 59.7 Å². The number of hydrogen-bond acceptors (Lipinski definition) is 7. The van der Waals surface area contributed by atoms with E-state index in [0.29, 0.717) is 43.6 Å². The van der Waals surface area contributed by atoms with Crippen LogP contribution < -0.4 is 15.2 Å². The van der Waals surface area contributed by atoms with Gasteiger partial charge in [0, 0.05) is 50.2 Å². The molecule has 0 N–H and O–H groups in total. The van der Waals surface area contributed by atoms with Crippen LogP contribution in [-0.2, 0) is 11.3 Å². The van der Waals surface area contributed by atoms with E-state index in [1.54, 1.807) is 36.5 Å². The Kier molecular flexibility index (Phi) is 5.69. The van der Waals surface area contributed by atoms with Crippen molar-refractivity contribution in [3.63, 3.8) is 0 Å². The summed E-state index contributed by atoms with van der Waals surface area (Å²) in [7, 11) is 1.58. The summed E-state index contributed by atoms with van der Waals surface area (Å²) in [6, 6.07) is 12.3. The van der Waals surface area contributed by atoms with Crippen LogP contribution >= 0.6 is 0 Å². The molecule has 0 unspecified atom stereocenters. The van der Waals surface area contributed by atoms with Crippen LogP contribution in [0.25, 0.3) is 11.3 Å². The third-order valence-corrected chi connectivity index (χ3v) is 5.00. The maximum Gasteiger partial charge on any atom is 0.267 e. The number of aromatic nitrogens is 4. The molecule has 9 nitrogen and oxygen atoms in total. The van der Waals surface area contributed by atoms with E-state index in [0.717, 1.165) is 5.56 Å². The summed E-state index contributed by atoms with van der Waals surface area (Å²) in [5, 5.41) is 4.39. The number of benzene rings is 1. The molecule has 1 aliphatic rings. The minimum atomic E-state index is -0.321. The second-order valence-electron chi connectivity index (χ2n) is 6.83. The maximum atomic E-state index is 12.8. The van der Waals surface area contributed by atoms with Gasteiger partial charge in [0.25, 0.3) is 5.56 Å². The second kappa shape index (κ2) is 8.73. The fourth-order valence-corrected chi connectivity index (χ4v) is 3.40. The lowest BCUT2D eigenvalue weighted by Gasteiger charge is -2.34. The monoisotopic (exact) mass is 406 g/mol. The van der Waals surface area contributed by atoms with Gasteiger partial charge in [0.1, 0.15) is 12.3 Å². The zero-order valence-corrected chi connectivity index (χ0v) is 16.6. The van der Waals surface area contributed by atoms with E-state index in [2.05, 4.69) is 15.1 Å². The molecule has 0 bridgehead atoms. The molecule has 0 spiro atoms. The van der Waals surface area contributed by atoms with Gasteiger partial charge < -0.3 is 14.5 Å². The topological polar surface area (TPSA) is 93.5 Å². The van der Waals surface area contributed by atoms with Gasteiger partial charge in [-0.1, -0.05) is 12.1 Å². The van der Waals surface area contributed by atoms with Crippen molar-refractivity contribution >= 4 is 11.9 Å². The van der Waals surface area contributed by atoms with Gasteiger partial charge in [0.05, 0.1) is 12.8 Å². The summed E-state index contributed by atoms with van der Waals surface area (Å²) in [4.78, 5) is 37.3. The Bertz CT molecular complexity index is 1080. The van der Waals surface area contributed by atoms with Crippen LogP contribution in [0.3, 0.4) is 0 Å². The summed E-state index contributed by atoms with van der Waals surface area (Å²) >= 11 is 0. The maximum absolute atomic E-state index is 12.8. The number of nitrogens with zero attached hydrogens (tertiary/aromatic N) is 6. The highest BCUT2D eigenvalue weighted by Crippen LogP contribution is 2.27. The van der Waals surface area contributed by atoms with Gasteiger partial charge in [0.2, 0.25) is 11.9 Å². The predicted octanol–water partition coefficient (Wildman–Crippen LogP) is 1.06. The first kappa shape index (κ1) is 19.6. The molecule has 0 aliphatic carbocycles. The summed E-state index contributed by atoms with van der Waals surface area (Å²) in [6.45, 7) is 2.25. The zero-order chi connectivity index (χ0) is 20.9. The minimum absolute atomic E-state index is 0.107. The summed E-state index contributed by atoms with van der Waals surface area (Å²) in [6.07, 6.45) is 3.40. The van der Waals surface area contributed by atoms with Crippen LogP contribution in [0.5, 0.6) is 5.75 Å². The highest BCUT2D eigenvalue weighted by Gasteiger charge is 2.23. The van der Waals surface area contributed by atoms with Crippen molar-refractivity contribution in [2.75, 3.05) is 38.2 Å². The molecule has 1 aliphatic heterocycles. The van der Waals surface area contributed by atoms with Gasteiger partial charge >= 0.3 is 0 Å². The summed E-state index contributed by atoms with van der Waals surface area (Å²) < 4.78 is 6.58. The number of carbonyl (C=O) groups is 1. The Morgan fingerprint density at radius 3 is 2.47 bits per heavy atom. The molecule has 1 amide bonds. The molecular formula is C21H22N6O3. The molecular weight excluding hydrogens is 384 g/mol. The van der Waals surface area contributed by atoms with Crippen LogP contribution in [0.1, 0.15) is 0 Å². The number of hydrogen-bond donors (Lipinski definition) is 0. The van der Waals surface area contributed by atoms with Gasteiger partial charge in [-0.15, -0.1) is 0 Å². The highest BCUT2D eigenvalue weighted by molar-refractivity contribution is 5.76. The fourth-order valence-electron chi connectivity index (χ4n) is 3.40. The third-order valence-electron chi connectivity index (χ3n) is 5.00. The van der Waals surface area contributed by atoms with E-state index < -0.39 is 0 Å². The van der Waals surface area contributed by atoms with Crippen LogP contribution in [0.2, 0.25) is 0 Å². The second-order valence-corrected chi connectivity index (χ2v) is 6.83. The molecule has 1 aromatic carbocycles. The lowest BCUT2D eigenvalue weighted by atomic mass is 10.1. The van der Waals surface area contributed by atoms with E-state index >= 15 is 0 Å². The molecule has 0 radical (unpaired) electrons. The number of rotatable bonds is 5.